The summed E-state index contributed by atoms with van der Waals surface area (Å²) in [6.07, 6.45) is 1.87. The van der Waals surface area contributed by atoms with Crippen molar-refractivity contribution in [3.05, 3.63) is 72.2 Å². The maximum absolute atomic E-state index is 13.1. The molecule has 2 aromatic carbocycles. The lowest BCUT2D eigenvalue weighted by Gasteiger charge is -2.06. The Balaban J connectivity index is 1.74. The van der Waals surface area contributed by atoms with E-state index in [1.54, 1.807) is 24.4 Å². The molecule has 3 aromatic rings. The molecule has 1 amide bonds. The number of rotatable bonds is 3. The van der Waals surface area contributed by atoms with Gasteiger partial charge in [-0.2, -0.15) is 0 Å². The van der Waals surface area contributed by atoms with Crippen molar-refractivity contribution in [1.29, 1.82) is 0 Å². The summed E-state index contributed by atoms with van der Waals surface area (Å²) in [5.41, 5.74) is 2.23. The van der Waals surface area contributed by atoms with Gasteiger partial charge in [-0.3, -0.25) is 9.78 Å². The van der Waals surface area contributed by atoms with E-state index in [1.165, 1.54) is 12.1 Å². The summed E-state index contributed by atoms with van der Waals surface area (Å²) in [5, 5.41) is 3.77. The van der Waals surface area contributed by atoms with E-state index in [9.17, 15) is 9.18 Å². The average Bonchev–Trinajstić information content (AvgIpc) is 2.47. The van der Waals surface area contributed by atoms with Gasteiger partial charge in [-0.25, -0.2) is 4.39 Å². The number of hydrogen-bond acceptors (Lipinski definition) is 2. The Morgan fingerprint density at radius 1 is 1.10 bits per heavy atom. The van der Waals surface area contributed by atoms with Crippen LogP contribution in [0.3, 0.4) is 0 Å². The maximum atomic E-state index is 13.1. The zero-order valence-corrected chi connectivity index (χ0v) is 11.2. The van der Waals surface area contributed by atoms with Crippen LogP contribution in [0.5, 0.6) is 0 Å². The number of anilines is 1. The van der Waals surface area contributed by atoms with E-state index in [-0.39, 0.29) is 18.1 Å². The van der Waals surface area contributed by atoms with E-state index in [1.807, 2.05) is 24.3 Å². The highest BCUT2D eigenvalue weighted by molar-refractivity contribution is 5.94. The number of amides is 1. The third kappa shape index (κ3) is 3.23. The molecule has 0 aliphatic rings. The molecule has 0 saturated carbocycles. The van der Waals surface area contributed by atoms with Gasteiger partial charge in [0.05, 0.1) is 11.9 Å². The Kier molecular flexibility index (Phi) is 3.60. The Morgan fingerprint density at radius 2 is 2.00 bits per heavy atom. The van der Waals surface area contributed by atoms with Crippen LogP contribution in [0.2, 0.25) is 0 Å². The highest BCUT2D eigenvalue weighted by Crippen LogP contribution is 2.17. The van der Waals surface area contributed by atoms with Gasteiger partial charge in [0.25, 0.3) is 0 Å². The number of nitrogens with zero attached hydrogens (tertiary/aromatic N) is 1. The van der Waals surface area contributed by atoms with Crippen molar-refractivity contribution in [2.45, 2.75) is 6.42 Å². The normalized spacial score (nSPS) is 10.5. The zero-order chi connectivity index (χ0) is 14.7. The zero-order valence-electron chi connectivity index (χ0n) is 11.2. The van der Waals surface area contributed by atoms with Gasteiger partial charge in [-0.15, -0.1) is 0 Å². The van der Waals surface area contributed by atoms with E-state index in [0.29, 0.717) is 11.3 Å². The summed E-state index contributed by atoms with van der Waals surface area (Å²) >= 11 is 0. The average molecular weight is 280 g/mol. The lowest BCUT2D eigenvalue weighted by molar-refractivity contribution is -0.115. The molecule has 104 valence electrons. The van der Waals surface area contributed by atoms with Gasteiger partial charge in [0.15, 0.2) is 0 Å². The van der Waals surface area contributed by atoms with Crippen LogP contribution in [0, 0.1) is 5.82 Å². The molecule has 0 spiro atoms. The Labute approximate surface area is 121 Å². The highest BCUT2D eigenvalue weighted by Gasteiger charge is 2.05. The first-order valence-electron chi connectivity index (χ1n) is 6.60. The second-order valence-corrected chi connectivity index (χ2v) is 4.77. The largest absolute Gasteiger partial charge is 0.326 e. The molecule has 1 N–H and O–H groups in total. The molecule has 1 aromatic heterocycles. The summed E-state index contributed by atoms with van der Waals surface area (Å²) in [6.45, 7) is 0. The Morgan fingerprint density at radius 3 is 2.86 bits per heavy atom. The molecule has 0 fully saturated rings. The fourth-order valence-corrected chi connectivity index (χ4v) is 2.19. The van der Waals surface area contributed by atoms with Crippen LogP contribution >= 0.6 is 0 Å². The molecular formula is C17H13FN2O. The van der Waals surface area contributed by atoms with Gasteiger partial charge < -0.3 is 5.32 Å². The van der Waals surface area contributed by atoms with E-state index in [2.05, 4.69) is 10.3 Å². The summed E-state index contributed by atoms with van der Waals surface area (Å²) in [5.74, 6) is -0.513. The molecule has 0 aliphatic carbocycles. The molecule has 21 heavy (non-hydrogen) atoms. The van der Waals surface area contributed by atoms with Crippen LogP contribution in [-0.4, -0.2) is 10.9 Å². The van der Waals surface area contributed by atoms with E-state index >= 15 is 0 Å². The Hall–Kier alpha value is -2.75. The number of halogens is 1. The predicted octanol–water partition coefficient (Wildman–Crippen LogP) is 3.56. The summed E-state index contributed by atoms with van der Waals surface area (Å²) in [7, 11) is 0. The second-order valence-electron chi connectivity index (χ2n) is 4.77. The van der Waals surface area contributed by atoms with Gasteiger partial charge in [-0.05, 0) is 42.0 Å². The minimum Gasteiger partial charge on any atom is -0.326 e. The molecule has 3 nitrogen and oxygen atoms in total. The second kappa shape index (κ2) is 5.71. The van der Waals surface area contributed by atoms with Gasteiger partial charge in [0, 0.05) is 17.3 Å². The molecule has 3 rings (SSSR count). The van der Waals surface area contributed by atoms with Crippen LogP contribution in [0.4, 0.5) is 10.1 Å². The van der Waals surface area contributed by atoms with Crippen molar-refractivity contribution in [2.75, 3.05) is 5.32 Å². The van der Waals surface area contributed by atoms with Crippen molar-refractivity contribution < 1.29 is 9.18 Å². The van der Waals surface area contributed by atoms with Crippen molar-refractivity contribution in [1.82, 2.24) is 4.98 Å². The first kappa shape index (κ1) is 13.2. The number of hydrogen-bond donors (Lipinski definition) is 1. The molecule has 0 bridgehead atoms. The number of benzene rings is 2. The molecule has 0 saturated heterocycles. The fraction of sp³-hybridized carbons (Fsp3) is 0.0588. The number of aromatic nitrogens is 1. The highest BCUT2D eigenvalue weighted by atomic mass is 19.1. The number of carbonyl (C=O) groups is 1. The predicted molar refractivity (Wildman–Crippen MR) is 80.5 cm³/mol. The molecule has 1 heterocycles. The number of pyridine rings is 1. The van der Waals surface area contributed by atoms with Gasteiger partial charge in [0.2, 0.25) is 5.91 Å². The molecule has 4 heteroatoms. The molecular weight excluding hydrogens is 267 g/mol. The van der Waals surface area contributed by atoms with Crippen LogP contribution in [0.15, 0.2) is 60.8 Å². The van der Waals surface area contributed by atoms with Crippen molar-refractivity contribution >= 4 is 22.5 Å². The maximum Gasteiger partial charge on any atom is 0.228 e. The summed E-state index contributed by atoms with van der Waals surface area (Å²) in [6, 6.07) is 15.4. The minimum atomic E-state index is -0.336. The smallest absolute Gasteiger partial charge is 0.228 e. The van der Waals surface area contributed by atoms with Gasteiger partial charge >= 0.3 is 0 Å². The van der Waals surface area contributed by atoms with Crippen LogP contribution in [0.1, 0.15) is 5.56 Å². The lowest BCUT2D eigenvalue weighted by Crippen LogP contribution is -2.14. The lowest BCUT2D eigenvalue weighted by atomic mass is 10.1. The molecule has 0 radical (unpaired) electrons. The summed E-state index contributed by atoms with van der Waals surface area (Å²) < 4.78 is 13.1. The molecule has 0 atom stereocenters. The SMILES string of the molecule is O=C(Cc1cccc(F)c1)Nc1ccc2ncccc2c1. The third-order valence-electron chi connectivity index (χ3n) is 3.14. The first-order valence-corrected chi connectivity index (χ1v) is 6.60. The number of carbonyl (C=O) groups excluding carboxylic acids is 1. The number of fused-ring (bicyclic) bond motifs is 1. The van der Waals surface area contributed by atoms with Crippen LogP contribution in [-0.2, 0) is 11.2 Å². The standard InChI is InChI=1S/C17H13FN2O/c18-14-5-1-3-12(9-14)10-17(21)20-15-6-7-16-13(11-15)4-2-8-19-16/h1-9,11H,10H2,(H,20,21). The van der Waals surface area contributed by atoms with Crippen LogP contribution in [0.25, 0.3) is 10.9 Å². The minimum absolute atomic E-state index is 0.142. The topological polar surface area (TPSA) is 42.0 Å². The first-order chi connectivity index (χ1) is 10.2. The van der Waals surface area contributed by atoms with Gasteiger partial charge in [0.1, 0.15) is 5.82 Å². The molecule has 0 aliphatic heterocycles. The summed E-state index contributed by atoms with van der Waals surface area (Å²) in [4.78, 5) is 16.2. The van der Waals surface area contributed by atoms with E-state index in [4.69, 9.17) is 0 Å². The third-order valence-corrected chi connectivity index (χ3v) is 3.14. The Bertz CT molecular complexity index is 801. The monoisotopic (exact) mass is 280 g/mol. The fourth-order valence-electron chi connectivity index (χ4n) is 2.19. The quantitative estimate of drug-likeness (QED) is 0.797. The number of nitrogens with one attached hydrogen (secondary N) is 1. The van der Waals surface area contributed by atoms with Crippen molar-refractivity contribution in [3.8, 4) is 0 Å². The van der Waals surface area contributed by atoms with E-state index < -0.39 is 0 Å². The van der Waals surface area contributed by atoms with Crippen LogP contribution < -0.4 is 5.32 Å². The van der Waals surface area contributed by atoms with E-state index in [0.717, 1.165) is 10.9 Å². The van der Waals surface area contributed by atoms with Gasteiger partial charge in [-0.1, -0.05) is 18.2 Å². The van der Waals surface area contributed by atoms with Crippen molar-refractivity contribution in [2.24, 2.45) is 0 Å². The molecule has 0 unspecified atom stereocenters. The van der Waals surface area contributed by atoms with Crippen molar-refractivity contribution in [3.63, 3.8) is 0 Å².